The van der Waals surface area contributed by atoms with E-state index in [9.17, 15) is 14.4 Å². The van der Waals surface area contributed by atoms with Gasteiger partial charge in [-0.3, -0.25) is 29.2 Å². The lowest BCUT2D eigenvalue weighted by molar-refractivity contribution is -0.143. The summed E-state index contributed by atoms with van der Waals surface area (Å²) in [5.41, 5.74) is 0. The third-order valence-corrected chi connectivity index (χ3v) is 3.47. The smallest absolute Gasteiger partial charge is 0.246 e. The van der Waals surface area contributed by atoms with Crippen molar-refractivity contribution in [2.45, 2.75) is 20.8 Å². The van der Waals surface area contributed by atoms with E-state index in [1.807, 2.05) is 0 Å². The number of carbonyl (C=O) groups is 3. The van der Waals surface area contributed by atoms with Crippen molar-refractivity contribution in [2.24, 2.45) is 10.9 Å². The second kappa shape index (κ2) is 7.82. The fourth-order valence-electron chi connectivity index (χ4n) is 1.96. The zero-order valence-electron chi connectivity index (χ0n) is 12.5. The number of amides is 3. The molecule has 0 bridgehead atoms. The second-order valence-corrected chi connectivity index (χ2v) is 4.83. The van der Waals surface area contributed by atoms with Crippen LogP contribution in [0.25, 0.3) is 0 Å². The molecule has 1 heterocycles. The highest BCUT2D eigenvalue weighted by molar-refractivity contribution is 7.80. The number of hydrogen-bond donors (Lipinski definition) is 1. The first-order valence-electron chi connectivity index (χ1n) is 6.85. The number of nitrogens with zero attached hydrogens (tertiary/aromatic N) is 3. The van der Waals surface area contributed by atoms with Gasteiger partial charge in [0.15, 0.2) is 11.0 Å². The van der Waals surface area contributed by atoms with Gasteiger partial charge in [0, 0.05) is 32.8 Å². The van der Waals surface area contributed by atoms with Crippen LogP contribution in [0.15, 0.2) is 4.99 Å². The Labute approximate surface area is 129 Å². The lowest BCUT2D eigenvalue weighted by Crippen LogP contribution is -2.59. The van der Waals surface area contributed by atoms with Gasteiger partial charge >= 0.3 is 0 Å². The molecule has 0 aliphatic carbocycles. The molecule has 1 rings (SSSR count). The van der Waals surface area contributed by atoms with Crippen LogP contribution >= 0.6 is 12.2 Å². The number of nitrogens with one attached hydrogen (secondary N) is 1. The minimum Gasteiger partial charge on any atom is -0.354 e. The van der Waals surface area contributed by atoms with Gasteiger partial charge in [0.1, 0.15) is 0 Å². The Kier molecular flexibility index (Phi) is 6.41. The average molecular weight is 312 g/mol. The molecule has 8 heteroatoms. The number of thiocarbonyl (C=S) groups is 1. The van der Waals surface area contributed by atoms with Gasteiger partial charge in [0.25, 0.3) is 0 Å². The van der Waals surface area contributed by atoms with Crippen LogP contribution in [0.1, 0.15) is 20.8 Å². The molecule has 1 aliphatic rings. The summed E-state index contributed by atoms with van der Waals surface area (Å²) in [6, 6.07) is 0. The van der Waals surface area contributed by atoms with Crippen molar-refractivity contribution < 1.29 is 14.4 Å². The minimum atomic E-state index is -0.936. The minimum absolute atomic E-state index is 0.144. The predicted molar refractivity (Wildman–Crippen MR) is 82.9 cm³/mol. The zero-order chi connectivity index (χ0) is 16.0. The largest absolute Gasteiger partial charge is 0.354 e. The number of carbonyl (C=O) groups excluding carboxylic acids is 3. The van der Waals surface area contributed by atoms with Crippen LogP contribution in [0.2, 0.25) is 0 Å². The van der Waals surface area contributed by atoms with E-state index >= 15 is 0 Å². The van der Waals surface area contributed by atoms with Crippen molar-refractivity contribution in [2.75, 3.05) is 26.2 Å². The summed E-state index contributed by atoms with van der Waals surface area (Å²) < 4.78 is 0. The number of rotatable bonds is 6. The van der Waals surface area contributed by atoms with Gasteiger partial charge < -0.3 is 5.32 Å². The van der Waals surface area contributed by atoms with E-state index in [4.69, 9.17) is 12.2 Å². The second-order valence-electron chi connectivity index (χ2n) is 4.46. The summed E-state index contributed by atoms with van der Waals surface area (Å²) in [5, 5.41) is 2.84. The highest BCUT2D eigenvalue weighted by Gasteiger charge is 2.41. The molecule has 0 spiro atoms. The van der Waals surface area contributed by atoms with Gasteiger partial charge in [-0.15, -0.1) is 0 Å². The normalized spacial score (nSPS) is 17.0. The van der Waals surface area contributed by atoms with Gasteiger partial charge in [-0.1, -0.05) is 0 Å². The molecular weight excluding hydrogens is 292 g/mol. The van der Waals surface area contributed by atoms with Crippen LogP contribution < -0.4 is 5.32 Å². The summed E-state index contributed by atoms with van der Waals surface area (Å²) in [6.07, 6.45) is 1.35. The molecule has 0 aromatic carbocycles. The van der Waals surface area contributed by atoms with Crippen molar-refractivity contribution in [3.8, 4) is 0 Å². The molecule has 1 fully saturated rings. The Balaban J connectivity index is 2.76. The summed E-state index contributed by atoms with van der Waals surface area (Å²) >= 11 is 5.15. The molecule has 0 radical (unpaired) electrons. The van der Waals surface area contributed by atoms with E-state index in [1.54, 1.807) is 13.8 Å². The topological polar surface area (TPSA) is 82.1 Å². The highest BCUT2D eigenvalue weighted by Crippen LogP contribution is 2.16. The lowest BCUT2D eigenvalue weighted by atomic mass is 10.1. The fraction of sp³-hybridized carbons (Fsp3) is 0.615. The van der Waals surface area contributed by atoms with Crippen LogP contribution in [0.3, 0.4) is 0 Å². The molecule has 1 N–H and O–H groups in total. The van der Waals surface area contributed by atoms with E-state index in [-0.39, 0.29) is 22.8 Å². The SMILES string of the molecule is CCN1C(=O)C(C=NCCNC(C)=O)C(=O)N(CC)C1=S. The van der Waals surface area contributed by atoms with Gasteiger partial charge in [-0.05, 0) is 26.1 Å². The Morgan fingerprint density at radius 2 is 1.81 bits per heavy atom. The van der Waals surface area contributed by atoms with E-state index in [1.165, 1.54) is 22.9 Å². The number of aliphatic imine (C=N–C) groups is 1. The summed E-state index contributed by atoms with van der Waals surface area (Å²) in [6.45, 7) is 6.54. The molecule has 21 heavy (non-hydrogen) atoms. The first-order valence-corrected chi connectivity index (χ1v) is 7.25. The molecular formula is C13H20N4O3S. The van der Waals surface area contributed by atoms with Crippen molar-refractivity contribution >= 4 is 41.3 Å². The van der Waals surface area contributed by atoms with Crippen LogP contribution in [0.4, 0.5) is 0 Å². The van der Waals surface area contributed by atoms with E-state index in [0.29, 0.717) is 26.2 Å². The quantitative estimate of drug-likeness (QED) is 0.319. The van der Waals surface area contributed by atoms with Gasteiger partial charge in [0.05, 0.1) is 6.54 Å². The van der Waals surface area contributed by atoms with E-state index in [2.05, 4.69) is 10.3 Å². The zero-order valence-corrected chi connectivity index (χ0v) is 13.3. The first-order chi connectivity index (χ1) is 9.93. The van der Waals surface area contributed by atoms with Crippen molar-refractivity contribution in [3.63, 3.8) is 0 Å². The molecule has 116 valence electrons. The molecule has 1 aliphatic heterocycles. The van der Waals surface area contributed by atoms with Crippen LogP contribution in [0, 0.1) is 5.92 Å². The molecule has 0 aromatic rings. The highest BCUT2D eigenvalue weighted by atomic mass is 32.1. The lowest BCUT2D eigenvalue weighted by Gasteiger charge is -2.37. The van der Waals surface area contributed by atoms with Crippen molar-refractivity contribution in [1.82, 2.24) is 15.1 Å². The summed E-state index contributed by atoms with van der Waals surface area (Å²) in [5.74, 6) is -1.77. The third kappa shape index (κ3) is 4.07. The average Bonchev–Trinajstić information content (AvgIpc) is 2.42. The van der Waals surface area contributed by atoms with Crippen LogP contribution in [-0.2, 0) is 14.4 Å². The predicted octanol–water partition coefficient (Wildman–Crippen LogP) is -0.195. The first kappa shape index (κ1) is 17.2. The molecule has 0 saturated carbocycles. The molecule has 0 unspecified atom stereocenters. The van der Waals surface area contributed by atoms with Crippen LogP contribution in [-0.4, -0.2) is 65.0 Å². The van der Waals surface area contributed by atoms with Gasteiger partial charge in [-0.25, -0.2) is 0 Å². The molecule has 1 saturated heterocycles. The fourth-order valence-corrected chi connectivity index (χ4v) is 2.40. The molecule has 0 aromatic heterocycles. The summed E-state index contributed by atoms with van der Waals surface area (Å²) in [7, 11) is 0. The number of hydrogen-bond acceptors (Lipinski definition) is 5. The third-order valence-electron chi connectivity index (χ3n) is 3.03. The van der Waals surface area contributed by atoms with Crippen LogP contribution in [0.5, 0.6) is 0 Å². The Bertz CT molecular complexity index is 452. The Hall–Kier alpha value is -1.83. The maximum atomic E-state index is 12.2. The Morgan fingerprint density at radius 3 is 2.24 bits per heavy atom. The van der Waals surface area contributed by atoms with E-state index < -0.39 is 5.92 Å². The summed E-state index contributed by atoms with van der Waals surface area (Å²) in [4.78, 5) is 42.1. The maximum Gasteiger partial charge on any atom is 0.246 e. The molecule has 3 amide bonds. The van der Waals surface area contributed by atoms with Crippen molar-refractivity contribution in [1.29, 1.82) is 0 Å². The molecule has 0 atom stereocenters. The maximum absolute atomic E-state index is 12.2. The van der Waals surface area contributed by atoms with Gasteiger partial charge in [-0.2, -0.15) is 0 Å². The van der Waals surface area contributed by atoms with E-state index in [0.717, 1.165) is 0 Å². The Morgan fingerprint density at radius 1 is 1.29 bits per heavy atom. The monoisotopic (exact) mass is 312 g/mol. The van der Waals surface area contributed by atoms with Gasteiger partial charge in [0.2, 0.25) is 17.7 Å². The standard InChI is InChI=1S/C13H20N4O3S/c1-4-16-11(19)10(8-14-6-7-15-9(3)18)12(20)17(5-2)13(16)21/h8,10H,4-7H2,1-3H3,(H,15,18). The molecule has 7 nitrogen and oxygen atoms in total. The van der Waals surface area contributed by atoms with Crippen molar-refractivity contribution in [3.05, 3.63) is 0 Å².